The van der Waals surface area contributed by atoms with Crippen molar-refractivity contribution in [2.45, 2.75) is 33.2 Å². The van der Waals surface area contributed by atoms with Crippen molar-refractivity contribution < 1.29 is 14.1 Å². The van der Waals surface area contributed by atoms with Crippen molar-refractivity contribution >= 4 is 16.9 Å². The van der Waals surface area contributed by atoms with Crippen molar-refractivity contribution in [2.24, 2.45) is 0 Å². The number of methoxy groups -OCH3 is 1. The van der Waals surface area contributed by atoms with Gasteiger partial charge < -0.3 is 19.1 Å². The second-order valence-corrected chi connectivity index (χ2v) is 7.53. The molecule has 0 atom stereocenters. The summed E-state index contributed by atoms with van der Waals surface area (Å²) >= 11 is 0. The summed E-state index contributed by atoms with van der Waals surface area (Å²) in [5.41, 5.74) is 3.85. The molecule has 1 aromatic carbocycles. The molecule has 0 saturated carbocycles. The highest BCUT2D eigenvalue weighted by molar-refractivity contribution is 5.77. The third-order valence-corrected chi connectivity index (χ3v) is 5.61. The van der Waals surface area contributed by atoms with Gasteiger partial charge in [-0.3, -0.25) is 9.69 Å². The van der Waals surface area contributed by atoms with Crippen LogP contribution in [0.1, 0.15) is 29.3 Å². The highest BCUT2D eigenvalue weighted by Crippen LogP contribution is 2.20. The Hall–Kier alpha value is -2.87. The van der Waals surface area contributed by atoms with E-state index in [2.05, 4.69) is 20.0 Å². The van der Waals surface area contributed by atoms with E-state index >= 15 is 0 Å². The van der Waals surface area contributed by atoms with Gasteiger partial charge in [0.15, 0.2) is 0 Å². The first-order valence-electron chi connectivity index (χ1n) is 9.98. The molecule has 3 heterocycles. The van der Waals surface area contributed by atoms with Crippen molar-refractivity contribution in [3.8, 4) is 5.75 Å². The third kappa shape index (κ3) is 4.27. The number of aryl methyl sites for hydroxylation is 2. The van der Waals surface area contributed by atoms with Crippen LogP contribution in [-0.4, -0.2) is 64.1 Å². The van der Waals surface area contributed by atoms with Gasteiger partial charge in [-0.2, -0.15) is 0 Å². The third-order valence-electron chi connectivity index (χ3n) is 5.61. The van der Waals surface area contributed by atoms with E-state index in [9.17, 15) is 4.79 Å². The molecule has 1 aliphatic heterocycles. The number of fused-ring (bicyclic) bond motifs is 1. The molecule has 1 fully saturated rings. The zero-order valence-electron chi connectivity index (χ0n) is 17.2. The Bertz CT molecular complexity index is 982. The zero-order valence-corrected chi connectivity index (χ0v) is 17.2. The fourth-order valence-corrected chi connectivity index (χ4v) is 3.86. The van der Waals surface area contributed by atoms with E-state index in [4.69, 9.17) is 9.26 Å². The Balaban J connectivity index is 1.28. The molecule has 2 aromatic heterocycles. The molecule has 154 valence electrons. The van der Waals surface area contributed by atoms with Gasteiger partial charge in [-0.25, -0.2) is 4.98 Å². The van der Waals surface area contributed by atoms with Gasteiger partial charge in [-0.1, -0.05) is 5.16 Å². The first-order valence-corrected chi connectivity index (χ1v) is 9.98. The SMILES string of the molecule is COc1ccc2nc(CN3CCN(C(=O)CCc4c(C)noc4C)CC3)[nH]c2c1. The smallest absolute Gasteiger partial charge is 0.222 e. The zero-order chi connectivity index (χ0) is 20.4. The van der Waals surface area contributed by atoms with Crippen molar-refractivity contribution in [3.63, 3.8) is 0 Å². The quantitative estimate of drug-likeness (QED) is 0.687. The van der Waals surface area contributed by atoms with Crippen molar-refractivity contribution in [1.29, 1.82) is 0 Å². The van der Waals surface area contributed by atoms with E-state index in [0.717, 1.165) is 72.3 Å². The number of nitrogens with zero attached hydrogens (tertiary/aromatic N) is 4. The number of hydrogen-bond donors (Lipinski definition) is 1. The monoisotopic (exact) mass is 397 g/mol. The number of carbonyl (C=O) groups excluding carboxylic acids is 1. The molecule has 8 nitrogen and oxygen atoms in total. The minimum absolute atomic E-state index is 0.195. The lowest BCUT2D eigenvalue weighted by molar-refractivity contribution is -0.133. The van der Waals surface area contributed by atoms with Crippen molar-refractivity contribution in [1.82, 2.24) is 24.9 Å². The summed E-state index contributed by atoms with van der Waals surface area (Å²) in [7, 11) is 1.66. The molecule has 1 aliphatic rings. The fraction of sp³-hybridized carbons (Fsp3) is 0.476. The van der Waals surface area contributed by atoms with E-state index in [0.29, 0.717) is 12.8 Å². The summed E-state index contributed by atoms with van der Waals surface area (Å²) in [5, 5.41) is 3.96. The summed E-state index contributed by atoms with van der Waals surface area (Å²) in [6, 6.07) is 5.84. The number of amides is 1. The van der Waals surface area contributed by atoms with Crippen LogP contribution < -0.4 is 4.74 Å². The topological polar surface area (TPSA) is 87.5 Å². The number of nitrogens with one attached hydrogen (secondary N) is 1. The van der Waals surface area contributed by atoms with Crippen molar-refractivity contribution in [3.05, 3.63) is 41.0 Å². The van der Waals surface area contributed by atoms with Crippen LogP contribution >= 0.6 is 0 Å². The first kappa shape index (κ1) is 19.4. The molecule has 0 aliphatic carbocycles. The molecule has 0 bridgehead atoms. The van der Waals surface area contributed by atoms with Crippen LogP contribution in [-0.2, 0) is 17.8 Å². The maximum atomic E-state index is 12.6. The predicted octanol–water partition coefficient (Wildman–Crippen LogP) is 2.45. The number of H-pyrrole nitrogens is 1. The Morgan fingerprint density at radius 2 is 2.03 bits per heavy atom. The van der Waals surface area contributed by atoms with Crippen LogP contribution in [0.3, 0.4) is 0 Å². The van der Waals surface area contributed by atoms with Crippen LogP contribution in [0.5, 0.6) is 5.75 Å². The molecule has 4 rings (SSSR count). The van der Waals surface area contributed by atoms with E-state index in [1.54, 1.807) is 7.11 Å². The average molecular weight is 397 g/mol. The molecule has 1 amide bonds. The second kappa shape index (κ2) is 8.24. The number of benzene rings is 1. The Kier molecular flexibility index (Phi) is 5.53. The van der Waals surface area contributed by atoms with Gasteiger partial charge in [0.25, 0.3) is 0 Å². The van der Waals surface area contributed by atoms with Gasteiger partial charge >= 0.3 is 0 Å². The van der Waals surface area contributed by atoms with Crippen LogP contribution in [0.4, 0.5) is 0 Å². The fourth-order valence-electron chi connectivity index (χ4n) is 3.86. The Morgan fingerprint density at radius 3 is 2.72 bits per heavy atom. The molecule has 29 heavy (non-hydrogen) atoms. The van der Waals surface area contributed by atoms with E-state index in [1.165, 1.54) is 0 Å². The second-order valence-electron chi connectivity index (χ2n) is 7.53. The molecule has 1 N–H and O–H groups in total. The van der Waals surface area contributed by atoms with Gasteiger partial charge in [0.1, 0.15) is 17.3 Å². The number of ether oxygens (including phenoxy) is 1. The molecule has 8 heteroatoms. The summed E-state index contributed by atoms with van der Waals surface area (Å²) < 4.78 is 10.4. The minimum Gasteiger partial charge on any atom is -0.497 e. The minimum atomic E-state index is 0.195. The number of piperazine rings is 1. The number of aromatic nitrogens is 3. The normalized spacial score (nSPS) is 15.2. The summed E-state index contributed by atoms with van der Waals surface area (Å²) in [4.78, 5) is 24.9. The van der Waals surface area contributed by atoms with Crippen molar-refractivity contribution in [2.75, 3.05) is 33.3 Å². The molecule has 0 unspecified atom stereocenters. The lowest BCUT2D eigenvalue weighted by Crippen LogP contribution is -2.48. The highest BCUT2D eigenvalue weighted by atomic mass is 16.5. The maximum absolute atomic E-state index is 12.6. The molecular weight excluding hydrogens is 370 g/mol. The predicted molar refractivity (Wildman–Crippen MR) is 109 cm³/mol. The average Bonchev–Trinajstić information content (AvgIpc) is 3.28. The highest BCUT2D eigenvalue weighted by Gasteiger charge is 2.22. The largest absolute Gasteiger partial charge is 0.497 e. The molecule has 0 radical (unpaired) electrons. The van der Waals surface area contributed by atoms with Gasteiger partial charge in [0, 0.05) is 44.2 Å². The van der Waals surface area contributed by atoms with Gasteiger partial charge in [0.2, 0.25) is 5.91 Å². The standard InChI is InChI=1S/C21H27N5O3/c1-14-17(15(2)29-24-14)5-7-21(27)26-10-8-25(9-11-26)13-20-22-18-6-4-16(28-3)12-19(18)23-20/h4,6,12H,5,7-11,13H2,1-3H3,(H,22,23). The number of imidazole rings is 1. The van der Waals surface area contributed by atoms with Crippen LogP contribution in [0.2, 0.25) is 0 Å². The number of hydrogen-bond acceptors (Lipinski definition) is 6. The number of aromatic amines is 1. The number of carbonyl (C=O) groups is 1. The lowest BCUT2D eigenvalue weighted by atomic mass is 10.1. The number of rotatable bonds is 6. The van der Waals surface area contributed by atoms with E-state index in [-0.39, 0.29) is 5.91 Å². The molecule has 1 saturated heterocycles. The first-order chi connectivity index (χ1) is 14.0. The van der Waals surface area contributed by atoms with Gasteiger partial charge in [0.05, 0.1) is 30.4 Å². The molecular formula is C21H27N5O3. The molecule has 3 aromatic rings. The van der Waals surface area contributed by atoms with Crippen LogP contribution in [0.15, 0.2) is 22.7 Å². The van der Waals surface area contributed by atoms with Gasteiger partial charge in [-0.05, 0) is 32.4 Å². The van der Waals surface area contributed by atoms with Crippen LogP contribution in [0, 0.1) is 13.8 Å². The summed E-state index contributed by atoms with van der Waals surface area (Å²) in [6.45, 7) is 7.74. The van der Waals surface area contributed by atoms with E-state index < -0.39 is 0 Å². The summed E-state index contributed by atoms with van der Waals surface area (Å²) in [6.07, 6.45) is 1.18. The van der Waals surface area contributed by atoms with Crippen LogP contribution in [0.25, 0.3) is 11.0 Å². The van der Waals surface area contributed by atoms with E-state index in [1.807, 2.05) is 36.9 Å². The molecule has 0 spiro atoms. The Morgan fingerprint density at radius 1 is 1.24 bits per heavy atom. The lowest BCUT2D eigenvalue weighted by Gasteiger charge is -2.34. The Labute approximate surface area is 169 Å². The summed E-state index contributed by atoms with van der Waals surface area (Å²) in [5.74, 6) is 2.76. The van der Waals surface area contributed by atoms with Gasteiger partial charge in [-0.15, -0.1) is 0 Å². The maximum Gasteiger partial charge on any atom is 0.222 e.